The summed E-state index contributed by atoms with van der Waals surface area (Å²) in [6, 6.07) is 6.49. The number of ether oxygens (including phenoxy) is 1. The summed E-state index contributed by atoms with van der Waals surface area (Å²) in [6.07, 6.45) is 2.06. The van der Waals surface area contributed by atoms with Gasteiger partial charge >= 0.3 is 0 Å². The van der Waals surface area contributed by atoms with E-state index in [1.54, 1.807) is 0 Å². The quantitative estimate of drug-likeness (QED) is 0.805. The van der Waals surface area contributed by atoms with Crippen LogP contribution >= 0.6 is 0 Å². The minimum Gasteiger partial charge on any atom is -0.493 e. The molecule has 1 aromatic rings. The van der Waals surface area contributed by atoms with Crippen LogP contribution in [-0.4, -0.2) is 6.61 Å². The van der Waals surface area contributed by atoms with Crippen molar-refractivity contribution in [3.05, 3.63) is 29.3 Å². The molecule has 0 amide bonds. The molecule has 0 saturated carbocycles. The molecule has 0 aliphatic carbocycles. The first-order valence-electron chi connectivity index (χ1n) is 5.75. The van der Waals surface area contributed by atoms with E-state index in [2.05, 4.69) is 32.0 Å². The SMILES string of the molecule is CCC(C)c1cccc2c1OCC[C@H]2N. The van der Waals surface area contributed by atoms with Gasteiger partial charge in [-0.25, -0.2) is 0 Å². The second-order valence-electron chi connectivity index (χ2n) is 4.32. The molecule has 2 atom stereocenters. The summed E-state index contributed by atoms with van der Waals surface area (Å²) in [4.78, 5) is 0. The Labute approximate surface area is 91.4 Å². The van der Waals surface area contributed by atoms with E-state index in [1.165, 1.54) is 11.1 Å². The predicted octanol–water partition coefficient (Wildman–Crippen LogP) is 2.98. The van der Waals surface area contributed by atoms with Crippen molar-refractivity contribution in [2.75, 3.05) is 6.61 Å². The van der Waals surface area contributed by atoms with Gasteiger partial charge in [0.15, 0.2) is 0 Å². The Morgan fingerprint density at radius 3 is 3.07 bits per heavy atom. The van der Waals surface area contributed by atoms with Gasteiger partial charge in [0.1, 0.15) is 5.75 Å². The van der Waals surface area contributed by atoms with Crippen molar-refractivity contribution >= 4 is 0 Å². The van der Waals surface area contributed by atoms with Crippen LogP contribution in [0.4, 0.5) is 0 Å². The number of nitrogens with two attached hydrogens (primary N) is 1. The molecule has 2 rings (SSSR count). The minimum atomic E-state index is 0.151. The predicted molar refractivity (Wildman–Crippen MR) is 62.2 cm³/mol. The molecule has 0 radical (unpaired) electrons. The van der Waals surface area contributed by atoms with Crippen LogP contribution in [0, 0.1) is 0 Å². The average molecular weight is 205 g/mol. The van der Waals surface area contributed by atoms with E-state index in [1.807, 2.05) is 0 Å². The van der Waals surface area contributed by atoms with Gasteiger partial charge in [-0.3, -0.25) is 0 Å². The zero-order valence-corrected chi connectivity index (χ0v) is 9.49. The third-order valence-corrected chi connectivity index (χ3v) is 3.29. The van der Waals surface area contributed by atoms with Crippen molar-refractivity contribution in [2.45, 2.75) is 38.6 Å². The van der Waals surface area contributed by atoms with E-state index < -0.39 is 0 Å². The van der Waals surface area contributed by atoms with Crippen LogP contribution in [0.1, 0.15) is 49.8 Å². The van der Waals surface area contributed by atoms with Crippen molar-refractivity contribution in [3.8, 4) is 5.75 Å². The number of rotatable bonds is 2. The van der Waals surface area contributed by atoms with E-state index in [0.717, 1.165) is 25.2 Å². The Hall–Kier alpha value is -1.02. The lowest BCUT2D eigenvalue weighted by Crippen LogP contribution is -2.21. The third kappa shape index (κ3) is 1.86. The maximum absolute atomic E-state index is 6.08. The van der Waals surface area contributed by atoms with Gasteiger partial charge in [0.25, 0.3) is 0 Å². The van der Waals surface area contributed by atoms with Gasteiger partial charge in [0, 0.05) is 18.0 Å². The van der Waals surface area contributed by atoms with Crippen LogP contribution in [-0.2, 0) is 0 Å². The lowest BCUT2D eigenvalue weighted by atomic mass is 9.91. The molecule has 1 aromatic carbocycles. The Morgan fingerprint density at radius 1 is 1.53 bits per heavy atom. The Kier molecular flexibility index (Phi) is 2.96. The Bertz CT molecular complexity index is 348. The van der Waals surface area contributed by atoms with Crippen molar-refractivity contribution < 1.29 is 4.74 Å². The molecule has 1 aliphatic rings. The highest BCUT2D eigenvalue weighted by Gasteiger charge is 2.22. The zero-order valence-electron chi connectivity index (χ0n) is 9.49. The highest BCUT2D eigenvalue weighted by atomic mass is 16.5. The summed E-state index contributed by atoms with van der Waals surface area (Å²) in [6.45, 7) is 5.19. The molecule has 2 N–H and O–H groups in total. The van der Waals surface area contributed by atoms with Gasteiger partial charge in [-0.1, -0.05) is 32.0 Å². The summed E-state index contributed by atoms with van der Waals surface area (Å²) in [5.41, 5.74) is 8.57. The number of fused-ring (bicyclic) bond motifs is 1. The Balaban J connectivity index is 2.44. The topological polar surface area (TPSA) is 35.2 Å². The first-order valence-corrected chi connectivity index (χ1v) is 5.75. The first kappa shape index (κ1) is 10.5. The molecular weight excluding hydrogens is 186 g/mol. The summed E-state index contributed by atoms with van der Waals surface area (Å²) in [5, 5.41) is 0. The molecule has 0 spiro atoms. The van der Waals surface area contributed by atoms with E-state index in [-0.39, 0.29) is 6.04 Å². The largest absolute Gasteiger partial charge is 0.493 e. The summed E-state index contributed by atoms with van der Waals surface area (Å²) < 4.78 is 5.77. The molecule has 0 bridgehead atoms. The molecule has 15 heavy (non-hydrogen) atoms. The van der Waals surface area contributed by atoms with E-state index in [0.29, 0.717) is 5.92 Å². The fourth-order valence-electron chi connectivity index (χ4n) is 2.08. The molecule has 0 fully saturated rings. The molecule has 1 heterocycles. The maximum Gasteiger partial charge on any atom is 0.127 e. The maximum atomic E-state index is 6.08. The lowest BCUT2D eigenvalue weighted by Gasteiger charge is -2.26. The highest BCUT2D eigenvalue weighted by molar-refractivity contribution is 5.46. The molecule has 1 aliphatic heterocycles. The second-order valence-corrected chi connectivity index (χ2v) is 4.32. The summed E-state index contributed by atoms with van der Waals surface area (Å²) in [7, 11) is 0. The van der Waals surface area contributed by atoms with Crippen LogP contribution in [0.5, 0.6) is 5.75 Å². The Morgan fingerprint density at radius 2 is 2.33 bits per heavy atom. The van der Waals surface area contributed by atoms with Crippen LogP contribution in [0.15, 0.2) is 18.2 Å². The molecular formula is C13H19NO. The third-order valence-electron chi connectivity index (χ3n) is 3.29. The van der Waals surface area contributed by atoms with Crippen LogP contribution in [0.3, 0.4) is 0 Å². The van der Waals surface area contributed by atoms with E-state index >= 15 is 0 Å². The number of para-hydroxylation sites is 1. The number of hydrogen-bond acceptors (Lipinski definition) is 2. The van der Waals surface area contributed by atoms with Crippen molar-refractivity contribution in [3.63, 3.8) is 0 Å². The van der Waals surface area contributed by atoms with Crippen molar-refractivity contribution in [2.24, 2.45) is 5.73 Å². The summed E-state index contributed by atoms with van der Waals surface area (Å²) in [5.74, 6) is 1.59. The van der Waals surface area contributed by atoms with Crippen molar-refractivity contribution in [1.82, 2.24) is 0 Å². The van der Waals surface area contributed by atoms with Gasteiger partial charge < -0.3 is 10.5 Å². The minimum absolute atomic E-state index is 0.151. The van der Waals surface area contributed by atoms with Gasteiger partial charge in [-0.15, -0.1) is 0 Å². The smallest absolute Gasteiger partial charge is 0.127 e. The second kappa shape index (κ2) is 4.23. The van der Waals surface area contributed by atoms with Crippen LogP contribution in [0.2, 0.25) is 0 Å². The summed E-state index contributed by atoms with van der Waals surface area (Å²) >= 11 is 0. The fourth-order valence-corrected chi connectivity index (χ4v) is 2.08. The molecule has 82 valence electrons. The monoisotopic (exact) mass is 205 g/mol. The van der Waals surface area contributed by atoms with Gasteiger partial charge in [-0.2, -0.15) is 0 Å². The molecule has 0 aromatic heterocycles. The highest BCUT2D eigenvalue weighted by Crippen LogP contribution is 2.37. The number of hydrogen-bond donors (Lipinski definition) is 1. The van der Waals surface area contributed by atoms with Crippen LogP contribution < -0.4 is 10.5 Å². The standard InChI is InChI=1S/C13H19NO/c1-3-9(2)10-5-4-6-11-12(14)7-8-15-13(10)11/h4-6,9,12H,3,7-8,14H2,1-2H3/t9?,12-/m1/s1. The molecule has 1 unspecified atom stereocenters. The zero-order chi connectivity index (χ0) is 10.8. The van der Waals surface area contributed by atoms with Gasteiger partial charge in [-0.05, 0) is 17.9 Å². The van der Waals surface area contributed by atoms with E-state index in [9.17, 15) is 0 Å². The normalized spacial score (nSPS) is 21.7. The van der Waals surface area contributed by atoms with Gasteiger partial charge in [0.2, 0.25) is 0 Å². The molecule has 2 nitrogen and oxygen atoms in total. The van der Waals surface area contributed by atoms with Gasteiger partial charge in [0.05, 0.1) is 6.61 Å². The lowest BCUT2D eigenvalue weighted by molar-refractivity contribution is 0.264. The number of benzene rings is 1. The van der Waals surface area contributed by atoms with Crippen molar-refractivity contribution in [1.29, 1.82) is 0 Å². The molecule has 2 heteroatoms. The average Bonchev–Trinajstić information content (AvgIpc) is 2.28. The molecule has 0 saturated heterocycles. The first-order chi connectivity index (χ1) is 7.24. The van der Waals surface area contributed by atoms with E-state index in [4.69, 9.17) is 10.5 Å². The van der Waals surface area contributed by atoms with Crippen LogP contribution in [0.25, 0.3) is 0 Å². The fraction of sp³-hybridized carbons (Fsp3) is 0.538.